The Labute approximate surface area is 212 Å². The second-order valence-electron chi connectivity index (χ2n) is 9.52. The minimum atomic E-state index is -3.82. The van der Waals surface area contributed by atoms with E-state index in [1.54, 1.807) is 18.0 Å². The number of benzene rings is 2. The number of fused-ring (bicyclic) bond motifs is 1. The Kier molecular flexibility index (Phi) is 8.31. The van der Waals surface area contributed by atoms with Gasteiger partial charge in [0.1, 0.15) is 5.75 Å². The van der Waals surface area contributed by atoms with Crippen LogP contribution in [0.15, 0.2) is 53.4 Å². The molecule has 2 aliphatic heterocycles. The van der Waals surface area contributed by atoms with Gasteiger partial charge in [-0.2, -0.15) is 4.31 Å². The number of ether oxygens (including phenoxy) is 1. The maximum atomic E-state index is 13.9. The summed E-state index contributed by atoms with van der Waals surface area (Å²) in [5, 5.41) is 19.2. The lowest BCUT2D eigenvalue weighted by Gasteiger charge is -2.36. The lowest BCUT2D eigenvalue weighted by atomic mass is 9.91. The van der Waals surface area contributed by atoms with Crippen molar-refractivity contribution in [2.24, 2.45) is 0 Å². The molecule has 0 bridgehead atoms. The van der Waals surface area contributed by atoms with Crippen LogP contribution in [0.5, 0.6) is 5.75 Å². The zero-order valence-corrected chi connectivity index (χ0v) is 21.6. The first-order chi connectivity index (χ1) is 17.2. The van der Waals surface area contributed by atoms with Crippen molar-refractivity contribution in [2.75, 3.05) is 53.5 Å². The van der Waals surface area contributed by atoms with E-state index in [9.17, 15) is 23.4 Å². The molecule has 0 radical (unpaired) electrons. The summed E-state index contributed by atoms with van der Waals surface area (Å²) in [5.41, 5.74) is 1.56. The van der Waals surface area contributed by atoms with Crippen LogP contribution in [0.4, 0.5) is 0 Å². The number of aliphatic hydroxyl groups is 2. The summed E-state index contributed by atoms with van der Waals surface area (Å²) in [5.74, 6) is -0.144. The van der Waals surface area contributed by atoms with Crippen molar-refractivity contribution in [1.29, 1.82) is 0 Å². The first-order valence-electron chi connectivity index (χ1n) is 12.3. The molecule has 2 heterocycles. The predicted molar refractivity (Wildman–Crippen MR) is 135 cm³/mol. The number of likely N-dealkylation sites (tertiary alicyclic amines) is 1. The van der Waals surface area contributed by atoms with Gasteiger partial charge in [-0.15, -0.1) is 0 Å². The first-order valence-corrected chi connectivity index (χ1v) is 13.7. The fraction of sp³-hybridized carbons (Fsp3) is 0.500. The largest absolute Gasteiger partial charge is 0.493 e. The topological polar surface area (TPSA) is 111 Å². The third-order valence-electron chi connectivity index (χ3n) is 7.12. The van der Waals surface area contributed by atoms with Crippen LogP contribution in [-0.4, -0.2) is 98.2 Å². The average molecular weight is 518 g/mol. The highest BCUT2D eigenvalue weighted by Gasteiger charge is 2.35. The second kappa shape index (κ2) is 11.3. The van der Waals surface area contributed by atoms with Gasteiger partial charge >= 0.3 is 0 Å². The molecule has 0 aromatic heterocycles. The zero-order chi connectivity index (χ0) is 25.9. The number of nitrogens with zero attached hydrogens (tertiary/aromatic N) is 3. The lowest BCUT2D eigenvalue weighted by molar-refractivity contribution is -0.134. The fourth-order valence-electron chi connectivity index (χ4n) is 4.98. The number of rotatable bonds is 9. The van der Waals surface area contributed by atoms with E-state index in [1.165, 1.54) is 19.2 Å². The van der Waals surface area contributed by atoms with Crippen molar-refractivity contribution in [2.45, 2.75) is 35.8 Å². The van der Waals surface area contributed by atoms with E-state index in [0.717, 1.165) is 16.4 Å². The first kappa shape index (κ1) is 26.6. The number of amides is 1. The van der Waals surface area contributed by atoms with Gasteiger partial charge < -0.3 is 19.8 Å². The van der Waals surface area contributed by atoms with Gasteiger partial charge in [0.2, 0.25) is 15.9 Å². The Morgan fingerprint density at radius 2 is 1.92 bits per heavy atom. The Balaban J connectivity index is 1.63. The van der Waals surface area contributed by atoms with E-state index in [-0.39, 0.29) is 36.1 Å². The van der Waals surface area contributed by atoms with Crippen molar-refractivity contribution in [3.05, 3.63) is 59.7 Å². The Morgan fingerprint density at radius 1 is 1.17 bits per heavy atom. The molecule has 9 nitrogen and oxygen atoms in total. The fourth-order valence-corrected chi connectivity index (χ4v) is 6.18. The van der Waals surface area contributed by atoms with Crippen LogP contribution in [0, 0.1) is 0 Å². The van der Waals surface area contributed by atoms with Crippen molar-refractivity contribution < 1.29 is 28.2 Å². The van der Waals surface area contributed by atoms with Gasteiger partial charge in [0.05, 0.1) is 36.2 Å². The molecular weight excluding hydrogens is 482 g/mol. The molecule has 1 unspecified atom stereocenters. The monoisotopic (exact) mass is 517 g/mol. The number of sulfonamides is 1. The number of hydrogen-bond donors (Lipinski definition) is 2. The molecule has 196 valence electrons. The molecule has 1 fully saturated rings. The third-order valence-corrected chi connectivity index (χ3v) is 8.97. The van der Waals surface area contributed by atoms with Gasteiger partial charge in [0.15, 0.2) is 0 Å². The molecule has 4 rings (SSSR count). The summed E-state index contributed by atoms with van der Waals surface area (Å²) in [6.45, 7) is 2.00. The van der Waals surface area contributed by atoms with E-state index < -0.39 is 15.9 Å². The number of likely N-dealkylation sites (N-methyl/N-ethyl adjacent to an activating group) is 2. The second-order valence-corrected chi connectivity index (χ2v) is 11.6. The average Bonchev–Trinajstić information content (AvgIpc) is 3.31. The maximum Gasteiger partial charge on any atom is 0.242 e. The SMILES string of the molecule is CN(C(=O)C1CCOc2ccc(S(=O)(=O)N(C)CCO)cc21)[C@H](CN1CC[C@H](O)C1)c1ccccc1. The van der Waals surface area contributed by atoms with Crippen LogP contribution in [-0.2, 0) is 14.8 Å². The smallest absolute Gasteiger partial charge is 0.242 e. The summed E-state index contributed by atoms with van der Waals surface area (Å²) < 4.78 is 32.8. The van der Waals surface area contributed by atoms with Crippen LogP contribution in [0.1, 0.15) is 35.9 Å². The number of aliphatic hydroxyl groups excluding tert-OH is 2. The van der Waals surface area contributed by atoms with E-state index in [2.05, 4.69) is 4.90 Å². The molecule has 36 heavy (non-hydrogen) atoms. The van der Waals surface area contributed by atoms with E-state index in [1.807, 2.05) is 30.3 Å². The highest BCUT2D eigenvalue weighted by molar-refractivity contribution is 7.89. The zero-order valence-electron chi connectivity index (χ0n) is 20.8. The van der Waals surface area contributed by atoms with Crippen LogP contribution in [0.3, 0.4) is 0 Å². The molecule has 3 atom stereocenters. The van der Waals surface area contributed by atoms with E-state index in [4.69, 9.17) is 4.74 Å². The molecule has 2 aromatic carbocycles. The quantitative estimate of drug-likeness (QED) is 0.518. The molecule has 2 N–H and O–H groups in total. The summed E-state index contributed by atoms with van der Waals surface area (Å²) in [6.07, 6.45) is 0.805. The van der Waals surface area contributed by atoms with Crippen LogP contribution < -0.4 is 4.74 Å². The predicted octanol–water partition coefficient (Wildman–Crippen LogP) is 1.43. The third kappa shape index (κ3) is 5.57. The highest BCUT2D eigenvalue weighted by atomic mass is 32.2. The molecule has 2 aliphatic rings. The molecule has 0 aliphatic carbocycles. The number of β-amino-alcohol motifs (C(OH)–C–C–N with tert-alkyl or cyclic N) is 1. The minimum Gasteiger partial charge on any atom is -0.493 e. The normalized spacial score (nSPS) is 21.1. The summed E-state index contributed by atoms with van der Waals surface area (Å²) in [7, 11) is -0.618. The summed E-state index contributed by atoms with van der Waals surface area (Å²) >= 11 is 0. The Bertz CT molecular complexity index is 1160. The van der Waals surface area contributed by atoms with Crippen molar-refractivity contribution in [3.8, 4) is 5.75 Å². The summed E-state index contributed by atoms with van der Waals surface area (Å²) in [6, 6.07) is 14.2. The lowest BCUT2D eigenvalue weighted by Crippen LogP contribution is -2.42. The number of carbonyl (C=O) groups is 1. The van der Waals surface area contributed by atoms with Crippen LogP contribution in [0.2, 0.25) is 0 Å². The van der Waals surface area contributed by atoms with Gasteiger partial charge in [-0.1, -0.05) is 30.3 Å². The molecule has 10 heteroatoms. The van der Waals surface area contributed by atoms with E-state index in [0.29, 0.717) is 43.9 Å². The Hall–Kier alpha value is -2.50. The molecule has 1 amide bonds. The van der Waals surface area contributed by atoms with Crippen molar-refractivity contribution in [1.82, 2.24) is 14.1 Å². The molecular formula is C26H35N3O6S. The van der Waals surface area contributed by atoms with Gasteiger partial charge in [-0.25, -0.2) is 8.42 Å². The van der Waals surface area contributed by atoms with Crippen molar-refractivity contribution >= 4 is 15.9 Å². The number of hydrogen-bond acceptors (Lipinski definition) is 7. The van der Waals surface area contributed by atoms with E-state index >= 15 is 0 Å². The van der Waals surface area contributed by atoms with Gasteiger partial charge in [-0.05, 0) is 36.6 Å². The minimum absolute atomic E-state index is 0.0228. The molecule has 2 aromatic rings. The standard InChI is InChI=1S/C26H35N3O6S/c1-27(13-14-30)36(33,34)21-8-9-25-23(16-21)22(11-15-35-25)26(32)28(2)24(19-6-4-3-5-7-19)18-29-12-10-20(31)17-29/h3-9,16,20,22,24,30-31H,10-15,17-18H2,1-2H3/t20-,22?,24+/m0/s1. The van der Waals surface area contributed by atoms with Gasteiger partial charge in [0, 0.05) is 45.8 Å². The van der Waals surface area contributed by atoms with Gasteiger partial charge in [-0.3, -0.25) is 9.69 Å². The van der Waals surface area contributed by atoms with Crippen LogP contribution in [0.25, 0.3) is 0 Å². The van der Waals surface area contributed by atoms with Crippen molar-refractivity contribution in [3.63, 3.8) is 0 Å². The molecule has 0 saturated carbocycles. The summed E-state index contributed by atoms with van der Waals surface area (Å²) in [4.78, 5) is 17.9. The Morgan fingerprint density at radius 3 is 2.58 bits per heavy atom. The van der Waals surface area contributed by atoms with Crippen LogP contribution >= 0.6 is 0 Å². The maximum absolute atomic E-state index is 13.9. The molecule has 1 saturated heterocycles. The number of carbonyl (C=O) groups excluding carboxylic acids is 1. The molecule has 0 spiro atoms. The van der Waals surface area contributed by atoms with Gasteiger partial charge in [0.25, 0.3) is 0 Å². The highest BCUT2D eigenvalue weighted by Crippen LogP contribution is 2.38.